The van der Waals surface area contributed by atoms with Gasteiger partial charge in [-0.2, -0.15) is 13.2 Å². The minimum Gasteiger partial charge on any atom is -0.379 e. The molecule has 1 fully saturated rings. The highest BCUT2D eigenvalue weighted by Crippen LogP contribution is 2.32. The fraction of sp³-hybridized carbons (Fsp3) is 0.538. The summed E-state index contributed by atoms with van der Waals surface area (Å²) in [4.78, 5) is 16.9. The van der Waals surface area contributed by atoms with E-state index in [4.69, 9.17) is 10.5 Å². The second-order valence-electron chi connectivity index (χ2n) is 4.90. The fourth-order valence-corrected chi connectivity index (χ4v) is 2.48. The Balaban J connectivity index is 2.32. The van der Waals surface area contributed by atoms with Gasteiger partial charge in [-0.3, -0.25) is 14.7 Å². The molecular weight excluding hydrogens is 287 g/mol. The van der Waals surface area contributed by atoms with Gasteiger partial charge in [0.1, 0.15) is 5.71 Å². The lowest BCUT2D eigenvalue weighted by Crippen LogP contribution is -2.58. The largest absolute Gasteiger partial charge is 0.432 e. The number of dihydropyridines is 1. The third-order valence-corrected chi connectivity index (χ3v) is 3.69. The van der Waals surface area contributed by atoms with Crippen molar-refractivity contribution in [1.29, 1.82) is 0 Å². The Morgan fingerprint density at radius 2 is 2.05 bits per heavy atom. The van der Waals surface area contributed by atoms with E-state index in [2.05, 4.69) is 11.6 Å². The van der Waals surface area contributed by atoms with Crippen molar-refractivity contribution in [2.75, 3.05) is 32.8 Å². The van der Waals surface area contributed by atoms with E-state index >= 15 is 0 Å². The number of nitrogens with two attached hydrogens (primary N) is 1. The number of primary amides is 1. The van der Waals surface area contributed by atoms with Crippen molar-refractivity contribution in [3.8, 4) is 0 Å². The summed E-state index contributed by atoms with van der Waals surface area (Å²) in [5, 5.41) is 0. The molecule has 21 heavy (non-hydrogen) atoms. The lowest BCUT2D eigenvalue weighted by Gasteiger charge is -2.44. The molecule has 1 unspecified atom stereocenters. The number of rotatable bonds is 3. The molecule has 2 rings (SSSR count). The molecule has 5 nitrogen and oxygen atoms in total. The molecule has 0 radical (unpaired) electrons. The summed E-state index contributed by atoms with van der Waals surface area (Å²) < 4.78 is 43.2. The van der Waals surface area contributed by atoms with Gasteiger partial charge in [-0.05, 0) is 6.08 Å². The predicted molar refractivity (Wildman–Crippen MR) is 71.0 cm³/mol. The van der Waals surface area contributed by atoms with E-state index in [1.165, 1.54) is 6.08 Å². The quantitative estimate of drug-likeness (QED) is 0.779. The van der Waals surface area contributed by atoms with Gasteiger partial charge in [0.15, 0.2) is 0 Å². The number of allylic oxidation sites excluding steroid dienone is 1. The normalized spacial score (nSPS) is 27.3. The Morgan fingerprint density at radius 1 is 1.43 bits per heavy atom. The minimum absolute atomic E-state index is 0.0330. The average molecular weight is 303 g/mol. The van der Waals surface area contributed by atoms with Crippen molar-refractivity contribution in [3.05, 3.63) is 24.3 Å². The lowest BCUT2D eigenvalue weighted by atomic mass is 9.85. The number of aliphatic imine (C=N–C) groups is 1. The zero-order valence-electron chi connectivity index (χ0n) is 11.3. The van der Waals surface area contributed by atoms with Crippen molar-refractivity contribution in [1.82, 2.24) is 4.90 Å². The molecule has 2 heterocycles. The minimum atomic E-state index is -4.51. The van der Waals surface area contributed by atoms with Crippen LogP contribution in [0, 0.1) is 0 Å². The van der Waals surface area contributed by atoms with Crippen molar-refractivity contribution < 1.29 is 22.7 Å². The number of hydrogen-bond donors (Lipinski definition) is 1. The van der Waals surface area contributed by atoms with Gasteiger partial charge in [-0.25, -0.2) is 0 Å². The van der Waals surface area contributed by atoms with Gasteiger partial charge in [0.05, 0.1) is 25.3 Å². The molecule has 0 bridgehead atoms. The maximum atomic E-state index is 12.7. The number of alkyl halides is 3. The van der Waals surface area contributed by atoms with Crippen LogP contribution in [-0.4, -0.2) is 61.1 Å². The van der Waals surface area contributed by atoms with E-state index < -0.39 is 23.3 Å². The van der Waals surface area contributed by atoms with E-state index in [1.54, 1.807) is 0 Å². The smallest absolute Gasteiger partial charge is 0.379 e. The Morgan fingerprint density at radius 3 is 2.48 bits per heavy atom. The molecule has 0 aromatic heterocycles. The van der Waals surface area contributed by atoms with Crippen LogP contribution >= 0.6 is 0 Å². The van der Waals surface area contributed by atoms with Gasteiger partial charge in [0.25, 0.3) is 0 Å². The second kappa shape index (κ2) is 5.61. The van der Waals surface area contributed by atoms with Crippen LogP contribution in [0.5, 0.6) is 0 Å². The molecule has 0 aliphatic carbocycles. The molecule has 2 aliphatic heterocycles. The number of hydrogen-bond acceptors (Lipinski definition) is 4. The Bertz CT molecular complexity index is 507. The number of carbonyl (C=O) groups excluding carboxylic acids is 1. The van der Waals surface area contributed by atoms with E-state index in [0.29, 0.717) is 26.3 Å². The van der Waals surface area contributed by atoms with E-state index in [-0.39, 0.29) is 12.1 Å². The summed E-state index contributed by atoms with van der Waals surface area (Å²) in [7, 11) is 0. The van der Waals surface area contributed by atoms with Gasteiger partial charge in [0.2, 0.25) is 5.91 Å². The molecule has 8 heteroatoms. The summed E-state index contributed by atoms with van der Waals surface area (Å²) in [6.07, 6.45) is -2.31. The van der Waals surface area contributed by atoms with Crippen LogP contribution in [0.15, 0.2) is 29.3 Å². The first kappa shape index (κ1) is 15.7. The monoisotopic (exact) mass is 303 g/mol. The number of carbonyl (C=O) groups is 1. The molecule has 0 aromatic carbocycles. The second-order valence-corrected chi connectivity index (χ2v) is 4.90. The van der Waals surface area contributed by atoms with E-state index in [0.717, 1.165) is 6.08 Å². The van der Waals surface area contributed by atoms with Gasteiger partial charge in [-0.1, -0.05) is 12.7 Å². The lowest BCUT2D eigenvalue weighted by molar-refractivity contribution is -0.116. The van der Waals surface area contributed by atoms with E-state index in [1.807, 2.05) is 4.90 Å². The molecule has 2 aliphatic rings. The van der Waals surface area contributed by atoms with Crippen LogP contribution in [0.2, 0.25) is 0 Å². The molecule has 116 valence electrons. The highest BCUT2D eigenvalue weighted by molar-refractivity contribution is 6.02. The number of morpholine rings is 1. The molecule has 0 aromatic rings. The fourth-order valence-electron chi connectivity index (χ4n) is 2.48. The molecule has 1 atom stereocenters. The molecular formula is C13H16F3N3O2. The highest BCUT2D eigenvalue weighted by Gasteiger charge is 2.44. The van der Waals surface area contributed by atoms with Crippen LogP contribution in [0.4, 0.5) is 13.2 Å². The Labute approximate surface area is 119 Å². The number of amides is 1. The zero-order valence-corrected chi connectivity index (χ0v) is 11.3. The van der Waals surface area contributed by atoms with Gasteiger partial charge < -0.3 is 10.5 Å². The maximum Gasteiger partial charge on any atom is 0.432 e. The molecule has 0 spiro atoms. The van der Waals surface area contributed by atoms with E-state index in [9.17, 15) is 18.0 Å². The summed E-state index contributed by atoms with van der Waals surface area (Å²) in [6, 6.07) is 0. The third kappa shape index (κ3) is 3.01. The summed E-state index contributed by atoms with van der Waals surface area (Å²) in [6.45, 7) is 5.21. The maximum absolute atomic E-state index is 12.7. The van der Waals surface area contributed by atoms with Crippen LogP contribution in [0.3, 0.4) is 0 Å². The first-order chi connectivity index (χ1) is 9.77. The van der Waals surface area contributed by atoms with Gasteiger partial charge in [-0.15, -0.1) is 0 Å². The highest BCUT2D eigenvalue weighted by atomic mass is 19.4. The topological polar surface area (TPSA) is 67.9 Å². The first-order valence-corrected chi connectivity index (χ1v) is 6.40. The standard InChI is InChI=1S/C13H16F3N3O2/c1-9(11(17)20)12(19-4-6-21-7-5-19)3-2-10(18-8-12)13(14,15)16/h2-3H,1,4-8H2,(H2,17,20). The summed E-state index contributed by atoms with van der Waals surface area (Å²) in [5.74, 6) is -0.753. The summed E-state index contributed by atoms with van der Waals surface area (Å²) >= 11 is 0. The summed E-state index contributed by atoms with van der Waals surface area (Å²) in [5.41, 5.74) is 3.24. The van der Waals surface area contributed by atoms with Crippen molar-refractivity contribution in [2.45, 2.75) is 11.7 Å². The Kier molecular flexibility index (Phi) is 4.20. The number of nitrogens with zero attached hydrogens (tertiary/aromatic N) is 2. The van der Waals surface area contributed by atoms with Crippen LogP contribution in [0.25, 0.3) is 0 Å². The zero-order chi connectivity index (χ0) is 15.7. The Hall–Kier alpha value is -1.67. The third-order valence-electron chi connectivity index (χ3n) is 3.69. The average Bonchev–Trinajstić information content (AvgIpc) is 2.46. The molecule has 0 saturated carbocycles. The van der Waals surface area contributed by atoms with Crippen molar-refractivity contribution in [2.24, 2.45) is 10.7 Å². The van der Waals surface area contributed by atoms with Crippen LogP contribution in [0.1, 0.15) is 0 Å². The van der Waals surface area contributed by atoms with Gasteiger partial charge in [0, 0.05) is 18.7 Å². The molecule has 1 amide bonds. The van der Waals surface area contributed by atoms with Gasteiger partial charge >= 0.3 is 6.18 Å². The van der Waals surface area contributed by atoms with Crippen molar-refractivity contribution in [3.63, 3.8) is 0 Å². The van der Waals surface area contributed by atoms with Crippen molar-refractivity contribution >= 4 is 11.6 Å². The number of ether oxygens (including phenoxy) is 1. The predicted octanol–water partition coefficient (Wildman–Crippen LogP) is 0.672. The SMILES string of the molecule is C=C(C(N)=O)C1(N2CCOCC2)C=CC(C(F)(F)F)=NC1. The molecule has 2 N–H and O–H groups in total. The number of halogens is 3. The van der Waals surface area contributed by atoms with Crippen LogP contribution in [-0.2, 0) is 9.53 Å². The first-order valence-electron chi connectivity index (χ1n) is 6.40. The molecule has 1 saturated heterocycles. The van der Waals surface area contributed by atoms with Crippen LogP contribution < -0.4 is 5.73 Å².